The minimum Gasteiger partial charge on any atom is -0.492 e. The van der Waals surface area contributed by atoms with Crippen LogP contribution in [0.2, 0.25) is 0 Å². The molecule has 1 N–H and O–H groups in total. The number of aliphatic hydroxyl groups excluding tert-OH is 1. The number of aromatic nitrogens is 2. The summed E-state index contributed by atoms with van der Waals surface area (Å²) >= 11 is 7.85. The Hall–Kier alpha value is -0.136. The summed E-state index contributed by atoms with van der Waals surface area (Å²) < 4.78 is 19.0. The van der Waals surface area contributed by atoms with E-state index in [0.29, 0.717) is 18.3 Å². The van der Waals surface area contributed by atoms with Gasteiger partial charge in [-0.3, -0.25) is 4.98 Å². The molecule has 169 valence electrons. The summed E-state index contributed by atoms with van der Waals surface area (Å²) in [6.07, 6.45) is 11.8. The van der Waals surface area contributed by atoms with Gasteiger partial charge in [0.2, 0.25) is 0 Å². The molecule has 0 saturated heterocycles. The first kappa shape index (κ1) is 27.1. The van der Waals surface area contributed by atoms with Crippen LogP contribution in [0, 0.1) is 23.2 Å². The zero-order chi connectivity index (χ0) is 21.3. The minimum absolute atomic E-state index is 0. The van der Waals surface area contributed by atoms with Gasteiger partial charge in [0.15, 0.2) is 0 Å². The summed E-state index contributed by atoms with van der Waals surface area (Å²) in [4.78, 5) is 8.09. The van der Waals surface area contributed by atoms with Crippen LogP contribution in [-0.4, -0.2) is 27.1 Å². The van der Waals surface area contributed by atoms with Crippen molar-refractivity contribution in [2.75, 3.05) is 6.61 Å². The zero-order valence-corrected chi connectivity index (χ0v) is 22.5. The van der Waals surface area contributed by atoms with Crippen LogP contribution in [0.15, 0.2) is 18.5 Å². The maximum atomic E-state index is 13.0. The van der Waals surface area contributed by atoms with E-state index in [2.05, 4.69) is 22.3 Å². The van der Waals surface area contributed by atoms with Gasteiger partial charge >= 0.3 is 0 Å². The SMILES string of the molecule is CCCCCC(O)c1cncc(OC[C@H]2C(Cl)CC[C@@H]2CCCc2nc(F)[c-]s2)c1.[Y]. The van der Waals surface area contributed by atoms with Gasteiger partial charge in [0.1, 0.15) is 11.7 Å². The Kier molecular flexibility index (Phi) is 12.4. The van der Waals surface area contributed by atoms with Crippen molar-refractivity contribution in [2.24, 2.45) is 11.8 Å². The van der Waals surface area contributed by atoms with Gasteiger partial charge in [-0.25, -0.2) is 4.39 Å². The van der Waals surface area contributed by atoms with E-state index in [1.165, 1.54) is 11.3 Å². The van der Waals surface area contributed by atoms with Crippen LogP contribution in [0.4, 0.5) is 4.39 Å². The Bertz CT molecular complexity index is 782. The van der Waals surface area contributed by atoms with Crippen LogP contribution in [0.1, 0.15) is 75.0 Å². The van der Waals surface area contributed by atoms with E-state index in [9.17, 15) is 9.50 Å². The van der Waals surface area contributed by atoms with Gasteiger partial charge in [-0.15, -0.1) is 17.0 Å². The van der Waals surface area contributed by atoms with Crippen LogP contribution in [-0.2, 0) is 39.1 Å². The molecule has 0 spiro atoms. The van der Waals surface area contributed by atoms with Crippen LogP contribution in [0.25, 0.3) is 0 Å². The van der Waals surface area contributed by atoms with E-state index in [0.717, 1.165) is 68.4 Å². The summed E-state index contributed by atoms with van der Waals surface area (Å²) in [6.45, 7) is 2.70. The number of aliphatic hydroxyl groups is 1. The minimum atomic E-state index is -0.505. The number of aryl methyl sites for hydroxylation is 1. The molecule has 2 unspecified atom stereocenters. The second-order valence-electron chi connectivity index (χ2n) is 8.19. The zero-order valence-electron chi connectivity index (χ0n) is 18.1. The molecule has 1 fully saturated rings. The van der Waals surface area contributed by atoms with Crippen molar-refractivity contribution in [1.29, 1.82) is 0 Å². The predicted molar refractivity (Wildman–Crippen MR) is 119 cm³/mol. The van der Waals surface area contributed by atoms with Gasteiger partial charge in [-0.05, 0) is 31.2 Å². The van der Waals surface area contributed by atoms with Crippen molar-refractivity contribution in [2.45, 2.75) is 76.2 Å². The fraction of sp³-hybridized carbons (Fsp3) is 0.652. The summed E-state index contributed by atoms with van der Waals surface area (Å²) in [5.41, 5.74) is 0.807. The molecule has 4 atom stereocenters. The Labute approximate surface area is 219 Å². The Morgan fingerprint density at radius 2 is 2.16 bits per heavy atom. The molecule has 1 aliphatic carbocycles. The van der Waals surface area contributed by atoms with Crippen molar-refractivity contribution in [3.63, 3.8) is 0 Å². The summed E-state index contributed by atoms with van der Waals surface area (Å²) in [6, 6.07) is 1.89. The molecule has 2 aromatic rings. The van der Waals surface area contributed by atoms with Gasteiger partial charge in [-0.1, -0.05) is 50.5 Å². The third kappa shape index (κ3) is 8.62. The molecule has 1 aliphatic rings. The largest absolute Gasteiger partial charge is 0.492 e. The molecule has 2 aromatic heterocycles. The molecular weight excluding hydrogens is 512 g/mol. The van der Waals surface area contributed by atoms with E-state index in [-0.39, 0.29) is 44.0 Å². The van der Waals surface area contributed by atoms with E-state index in [4.69, 9.17) is 16.3 Å². The second kappa shape index (κ2) is 14.2. The maximum absolute atomic E-state index is 13.0. The van der Waals surface area contributed by atoms with Crippen LogP contribution >= 0.6 is 22.9 Å². The number of hydrogen-bond donors (Lipinski definition) is 1. The third-order valence-electron chi connectivity index (χ3n) is 5.97. The quantitative estimate of drug-likeness (QED) is 0.199. The fourth-order valence-electron chi connectivity index (χ4n) is 4.22. The Morgan fingerprint density at radius 3 is 2.90 bits per heavy atom. The Balaban J connectivity index is 0.00000341. The molecule has 0 aromatic carbocycles. The smallest absolute Gasteiger partial charge is 0.137 e. The third-order valence-corrected chi connectivity index (χ3v) is 7.31. The van der Waals surface area contributed by atoms with Crippen molar-refractivity contribution in [1.82, 2.24) is 9.97 Å². The van der Waals surface area contributed by atoms with Gasteiger partial charge in [0.25, 0.3) is 0 Å². The number of thiazole rings is 1. The van der Waals surface area contributed by atoms with Gasteiger partial charge in [-0.2, -0.15) is 0 Å². The Morgan fingerprint density at radius 1 is 1.32 bits per heavy atom. The molecule has 4 nitrogen and oxygen atoms in total. The molecule has 3 rings (SSSR count). The number of unbranched alkanes of at least 4 members (excludes halogenated alkanes) is 2. The second-order valence-corrected chi connectivity index (χ2v) is 9.63. The van der Waals surface area contributed by atoms with Crippen molar-refractivity contribution in [3.05, 3.63) is 40.4 Å². The fourth-order valence-corrected chi connectivity index (χ4v) is 5.24. The van der Waals surface area contributed by atoms with Gasteiger partial charge in [0, 0.05) is 55.8 Å². The average Bonchev–Trinajstić information content (AvgIpc) is 3.32. The molecular formula is C23H31ClFN2O2SY-. The van der Waals surface area contributed by atoms with Crippen molar-refractivity contribution in [3.8, 4) is 5.75 Å². The molecule has 2 heterocycles. The number of hydrogen-bond acceptors (Lipinski definition) is 5. The molecule has 31 heavy (non-hydrogen) atoms. The molecule has 0 aliphatic heterocycles. The summed E-state index contributed by atoms with van der Waals surface area (Å²) in [5.74, 6) is 0.959. The molecule has 8 heteroatoms. The molecule has 0 bridgehead atoms. The number of rotatable bonds is 12. The standard InChI is InChI=1S/C23H31ClFN2O2S.Y/c1-2-3-4-7-21(28)17-11-18(13-26-12-17)29-14-19-16(9-10-20(19)24)6-5-8-23-27-22(25)15-30-23;/h11-13,16,19-21,28H,2-10,14H2,1H3;/q-1;/t16-,19+,20?,21?;/m0./s1. The van der Waals surface area contributed by atoms with Gasteiger partial charge < -0.3 is 26.2 Å². The average molecular weight is 543 g/mol. The van der Waals surface area contributed by atoms with Crippen molar-refractivity contribution >= 4 is 22.9 Å². The summed E-state index contributed by atoms with van der Waals surface area (Å²) in [7, 11) is 0. The number of halogens is 2. The molecule has 1 radical (unpaired) electrons. The first-order valence-corrected chi connectivity index (χ1v) is 12.2. The van der Waals surface area contributed by atoms with E-state index < -0.39 is 12.1 Å². The maximum Gasteiger partial charge on any atom is 0.137 e. The van der Waals surface area contributed by atoms with Crippen LogP contribution < -0.4 is 4.74 Å². The molecule has 1 saturated carbocycles. The van der Waals surface area contributed by atoms with Crippen LogP contribution in [0.3, 0.4) is 0 Å². The van der Waals surface area contributed by atoms with Crippen molar-refractivity contribution < 1.29 is 46.9 Å². The number of pyridine rings is 1. The van der Waals surface area contributed by atoms with Crippen LogP contribution in [0.5, 0.6) is 5.75 Å². The number of nitrogens with zero attached hydrogens (tertiary/aromatic N) is 2. The normalized spacial score (nSPS) is 21.6. The first-order valence-electron chi connectivity index (χ1n) is 11.0. The summed E-state index contributed by atoms with van der Waals surface area (Å²) in [5, 5.41) is 13.8. The van der Waals surface area contributed by atoms with E-state index in [1.54, 1.807) is 12.4 Å². The number of alkyl halides is 1. The van der Waals surface area contributed by atoms with E-state index in [1.807, 2.05) is 6.07 Å². The topological polar surface area (TPSA) is 55.2 Å². The van der Waals surface area contributed by atoms with E-state index >= 15 is 0 Å². The van der Waals surface area contributed by atoms with Gasteiger partial charge in [0.05, 0.1) is 18.9 Å². The monoisotopic (exact) mass is 542 g/mol. The predicted octanol–water partition coefficient (Wildman–Crippen LogP) is 6.12. The first-order chi connectivity index (χ1) is 14.6. The molecule has 0 amide bonds. The number of ether oxygens (including phenoxy) is 1.